The van der Waals surface area contributed by atoms with E-state index in [0.717, 1.165) is 52.4 Å². The van der Waals surface area contributed by atoms with Crippen LogP contribution < -0.4 is 10.1 Å². The molecule has 33 heavy (non-hydrogen) atoms. The van der Waals surface area contributed by atoms with Crippen LogP contribution in [0.3, 0.4) is 0 Å². The molecule has 5 rings (SSSR count). The van der Waals surface area contributed by atoms with Crippen molar-refractivity contribution in [2.45, 2.75) is 13.3 Å². The highest BCUT2D eigenvalue weighted by Crippen LogP contribution is 2.35. The van der Waals surface area contributed by atoms with E-state index in [-0.39, 0.29) is 0 Å². The molecule has 0 saturated heterocycles. The van der Waals surface area contributed by atoms with Crippen LogP contribution in [0.25, 0.3) is 27.8 Å². The third kappa shape index (κ3) is 4.44. The van der Waals surface area contributed by atoms with Crippen LogP contribution in [0.5, 0.6) is 5.75 Å². The Hall–Kier alpha value is -4.12. The zero-order valence-electron chi connectivity index (χ0n) is 18.6. The summed E-state index contributed by atoms with van der Waals surface area (Å²) < 4.78 is 7.74. The van der Waals surface area contributed by atoms with Gasteiger partial charge in [0, 0.05) is 24.0 Å². The molecular weight excluding hydrogens is 408 g/mol. The van der Waals surface area contributed by atoms with Crippen LogP contribution in [-0.4, -0.2) is 27.7 Å². The number of aromatic nitrogens is 3. The summed E-state index contributed by atoms with van der Waals surface area (Å²) >= 11 is 0. The van der Waals surface area contributed by atoms with Gasteiger partial charge in [0.05, 0.1) is 12.0 Å². The Bertz CT molecular complexity index is 1330. The van der Waals surface area contributed by atoms with Gasteiger partial charge in [-0.25, -0.2) is 9.97 Å². The summed E-state index contributed by atoms with van der Waals surface area (Å²) in [6.45, 7) is 3.43. The van der Waals surface area contributed by atoms with Crippen LogP contribution >= 0.6 is 0 Å². The van der Waals surface area contributed by atoms with Crippen molar-refractivity contribution in [1.82, 2.24) is 14.5 Å². The van der Waals surface area contributed by atoms with Gasteiger partial charge in [0.25, 0.3) is 0 Å². The third-order valence-corrected chi connectivity index (χ3v) is 5.64. The maximum atomic E-state index is 5.61. The summed E-state index contributed by atoms with van der Waals surface area (Å²) in [7, 11) is 0. The molecule has 0 bridgehead atoms. The summed E-state index contributed by atoms with van der Waals surface area (Å²) in [5.41, 5.74) is 5.43. The van der Waals surface area contributed by atoms with Gasteiger partial charge in [-0.05, 0) is 48.7 Å². The second-order valence-electron chi connectivity index (χ2n) is 7.79. The number of rotatable bonds is 8. The maximum Gasteiger partial charge on any atom is 0.150 e. The Balaban J connectivity index is 1.55. The first kappa shape index (κ1) is 20.8. The van der Waals surface area contributed by atoms with Gasteiger partial charge in [0.2, 0.25) is 0 Å². The first-order chi connectivity index (χ1) is 16.3. The summed E-state index contributed by atoms with van der Waals surface area (Å²) in [4.78, 5) is 9.28. The molecule has 0 saturated carbocycles. The molecule has 0 aliphatic carbocycles. The zero-order chi connectivity index (χ0) is 22.5. The number of hydrogen-bond acceptors (Lipinski definition) is 4. The molecule has 0 fully saturated rings. The van der Waals surface area contributed by atoms with Crippen LogP contribution in [0.15, 0.2) is 97.5 Å². The zero-order valence-corrected chi connectivity index (χ0v) is 18.6. The molecule has 0 spiro atoms. The highest BCUT2D eigenvalue weighted by atomic mass is 16.5. The van der Waals surface area contributed by atoms with Gasteiger partial charge in [-0.15, -0.1) is 0 Å². The van der Waals surface area contributed by atoms with Crippen molar-refractivity contribution in [2.75, 3.05) is 18.5 Å². The second kappa shape index (κ2) is 9.57. The van der Waals surface area contributed by atoms with Gasteiger partial charge < -0.3 is 14.6 Å². The van der Waals surface area contributed by atoms with Gasteiger partial charge in [-0.1, -0.05) is 60.7 Å². The van der Waals surface area contributed by atoms with E-state index in [9.17, 15) is 0 Å². The van der Waals surface area contributed by atoms with E-state index < -0.39 is 0 Å². The van der Waals surface area contributed by atoms with Gasteiger partial charge in [-0.2, -0.15) is 0 Å². The fourth-order valence-corrected chi connectivity index (χ4v) is 4.07. The Labute approximate surface area is 193 Å². The molecule has 2 aromatic heterocycles. The number of ether oxygens (including phenoxy) is 1. The quantitative estimate of drug-likeness (QED) is 0.319. The van der Waals surface area contributed by atoms with Crippen LogP contribution in [0, 0.1) is 0 Å². The molecule has 0 amide bonds. The van der Waals surface area contributed by atoms with Crippen molar-refractivity contribution < 1.29 is 4.74 Å². The largest absolute Gasteiger partial charge is 0.494 e. The number of nitrogens with zero attached hydrogens (tertiary/aromatic N) is 3. The number of fused-ring (bicyclic) bond motifs is 1. The third-order valence-electron chi connectivity index (χ3n) is 5.64. The van der Waals surface area contributed by atoms with Crippen molar-refractivity contribution in [1.29, 1.82) is 0 Å². The van der Waals surface area contributed by atoms with Gasteiger partial charge >= 0.3 is 0 Å². The van der Waals surface area contributed by atoms with E-state index in [1.165, 1.54) is 5.56 Å². The molecule has 5 heteroatoms. The summed E-state index contributed by atoms with van der Waals surface area (Å²) in [5, 5.41) is 4.57. The molecule has 5 nitrogen and oxygen atoms in total. The van der Waals surface area contributed by atoms with Crippen molar-refractivity contribution in [2.24, 2.45) is 0 Å². The standard InChI is InChI=1S/C28H26N4O/c1-2-33-24-15-13-23(14-16-24)32-19-25(22-11-7-4-8-12-22)26-27(30-20-31-28(26)32)29-18-17-21-9-5-3-6-10-21/h3-16,19-20H,2,17-18H2,1H3,(H,29,30,31). The second-order valence-corrected chi connectivity index (χ2v) is 7.79. The summed E-state index contributed by atoms with van der Waals surface area (Å²) in [6, 6.07) is 29.0. The first-order valence-corrected chi connectivity index (χ1v) is 11.3. The predicted molar refractivity (Wildman–Crippen MR) is 134 cm³/mol. The molecule has 2 heterocycles. The molecule has 0 aliphatic heterocycles. The van der Waals surface area contributed by atoms with Crippen molar-refractivity contribution in [3.05, 3.63) is 103 Å². The molecule has 3 aromatic carbocycles. The lowest BCUT2D eigenvalue weighted by Gasteiger charge is -2.09. The fourth-order valence-electron chi connectivity index (χ4n) is 4.07. The van der Waals surface area contributed by atoms with Gasteiger partial charge in [0.1, 0.15) is 17.9 Å². The first-order valence-electron chi connectivity index (χ1n) is 11.3. The Kier molecular flexibility index (Phi) is 6.02. The number of anilines is 1. The van der Waals surface area contributed by atoms with E-state index in [4.69, 9.17) is 4.74 Å². The average molecular weight is 435 g/mol. The molecule has 5 aromatic rings. The lowest BCUT2D eigenvalue weighted by Crippen LogP contribution is -2.07. The molecule has 1 N–H and O–H groups in total. The molecular formula is C28H26N4O. The highest BCUT2D eigenvalue weighted by Gasteiger charge is 2.17. The molecule has 0 radical (unpaired) electrons. The predicted octanol–water partition coefficient (Wildman–Crippen LogP) is 6.14. The molecule has 164 valence electrons. The summed E-state index contributed by atoms with van der Waals surface area (Å²) in [6.07, 6.45) is 4.70. The molecule has 0 atom stereocenters. The smallest absolute Gasteiger partial charge is 0.150 e. The van der Waals surface area contributed by atoms with E-state index >= 15 is 0 Å². The lowest BCUT2D eigenvalue weighted by atomic mass is 10.1. The van der Waals surface area contributed by atoms with Crippen molar-refractivity contribution in [3.63, 3.8) is 0 Å². The monoisotopic (exact) mass is 434 g/mol. The van der Waals surface area contributed by atoms with Crippen molar-refractivity contribution in [3.8, 4) is 22.6 Å². The molecule has 0 aliphatic rings. The van der Waals surface area contributed by atoms with Crippen LogP contribution in [-0.2, 0) is 6.42 Å². The van der Waals surface area contributed by atoms with Gasteiger partial charge in [-0.3, -0.25) is 0 Å². The van der Waals surface area contributed by atoms with Crippen LogP contribution in [0.1, 0.15) is 12.5 Å². The Morgan fingerprint density at radius 1 is 0.848 bits per heavy atom. The normalized spacial score (nSPS) is 10.9. The Morgan fingerprint density at radius 2 is 1.58 bits per heavy atom. The maximum absolute atomic E-state index is 5.61. The lowest BCUT2D eigenvalue weighted by molar-refractivity contribution is 0.340. The molecule has 0 unspecified atom stereocenters. The van der Waals surface area contributed by atoms with Crippen LogP contribution in [0.2, 0.25) is 0 Å². The number of benzene rings is 3. The van der Waals surface area contributed by atoms with Crippen LogP contribution in [0.4, 0.5) is 5.82 Å². The summed E-state index contributed by atoms with van der Waals surface area (Å²) in [5.74, 6) is 1.71. The van der Waals surface area contributed by atoms with E-state index in [1.54, 1.807) is 6.33 Å². The van der Waals surface area contributed by atoms with E-state index in [0.29, 0.717) is 6.61 Å². The highest BCUT2D eigenvalue weighted by molar-refractivity contribution is 6.02. The van der Waals surface area contributed by atoms with Crippen molar-refractivity contribution >= 4 is 16.9 Å². The topological polar surface area (TPSA) is 52.0 Å². The number of nitrogens with one attached hydrogen (secondary N) is 1. The minimum absolute atomic E-state index is 0.648. The Morgan fingerprint density at radius 3 is 2.30 bits per heavy atom. The fraction of sp³-hybridized carbons (Fsp3) is 0.143. The SMILES string of the molecule is CCOc1ccc(-n2cc(-c3ccccc3)c3c(NCCc4ccccc4)ncnc32)cc1. The van der Waals surface area contributed by atoms with Gasteiger partial charge in [0.15, 0.2) is 5.65 Å². The average Bonchev–Trinajstić information content (AvgIpc) is 3.27. The van der Waals surface area contributed by atoms with E-state index in [2.05, 4.69) is 86.7 Å². The minimum atomic E-state index is 0.648. The van der Waals surface area contributed by atoms with E-state index in [1.807, 2.05) is 31.2 Å². The minimum Gasteiger partial charge on any atom is -0.494 e. The number of hydrogen-bond donors (Lipinski definition) is 1.